The van der Waals surface area contributed by atoms with Gasteiger partial charge in [0.2, 0.25) is 0 Å². The Morgan fingerprint density at radius 1 is 0.242 bits per heavy atom. The van der Waals surface area contributed by atoms with E-state index in [2.05, 4.69) is 0 Å². The molecule has 6 heteroatoms. The summed E-state index contributed by atoms with van der Waals surface area (Å²) >= 11 is 0. The molecule has 12 aromatic carbocycles. The van der Waals surface area contributed by atoms with Crippen LogP contribution in [-0.2, 0) is 0 Å². The summed E-state index contributed by atoms with van der Waals surface area (Å²) in [5.74, 6) is -2.88. The molecule has 0 aliphatic carbocycles. The Hall–Kier alpha value is -8.48. The fourth-order valence-corrected chi connectivity index (χ4v) is 9.86. The van der Waals surface area contributed by atoms with Gasteiger partial charge in [0.15, 0.2) is 23.3 Å². The number of anilines is 6. The van der Waals surface area contributed by atoms with Gasteiger partial charge in [-0.1, -0.05) is 170 Å². The van der Waals surface area contributed by atoms with Gasteiger partial charge in [0.1, 0.15) is 11.4 Å². The first-order valence-electron chi connectivity index (χ1n) is 21.8. The van der Waals surface area contributed by atoms with Crippen molar-refractivity contribution in [2.24, 2.45) is 0 Å². The first kappa shape index (κ1) is 39.1. The van der Waals surface area contributed by atoms with E-state index in [1.807, 2.05) is 194 Å². The van der Waals surface area contributed by atoms with Crippen molar-refractivity contribution in [1.29, 1.82) is 0 Å². The van der Waals surface area contributed by atoms with Crippen LogP contribution in [0.15, 0.2) is 218 Å². The molecule has 0 aliphatic rings. The number of benzene rings is 12. The molecule has 66 heavy (non-hydrogen) atoms. The Balaban J connectivity index is 1.13. The van der Waals surface area contributed by atoms with Crippen molar-refractivity contribution in [1.82, 2.24) is 0 Å². The molecule has 0 heterocycles. The molecule has 0 spiro atoms. The second-order valence-corrected chi connectivity index (χ2v) is 16.6. The van der Waals surface area contributed by atoms with Crippen LogP contribution in [0.2, 0.25) is 0 Å². The lowest BCUT2D eigenvalue weighted by molar-refractivity contribution is 0.586. The Morgan fingerprint density at radius 2 is 0.576 bits per heavy atom. The molecular weight excluding hydrogens is 825 g/mol. The van der Waals surface area contributed by atoms with Gasteiger partial charge in [-0.05, 0) is 103 Å². The molecule has 0 unspecified atom stereocenters. The second-order valence-electron chi connectivity index (χ2n) is 16.6. The van der Waals surface area contributed by atoms with E-state index in [9.17, 15) is 0 Å². The molecule has 0 bridgehead atoms. The molecule has 0 amide bonds. The standard InChI is InChI=1S/C60H36F4N2/c61-49-33-43(37-13-3-1-4-14-37)34-50(62)59(49)65(53-23-11-19-39-17-7-9-21-45(39)53)55-31-27-41-26-30-48-56(32-28-42-25-29-47(55)57(41)58(42)48)66(54-24-12-20-40-18-8-10-22-46(40)54)60-51(63)35-44(36-52(60)64)38-15-5-2-6-16-38/h1-36H. The zero-order valence-electron chi connectivity index (χ0n) is 35.2. The molecular formula is C60H36F4N2. The molecule has 2 nitrogen and oxygen atoms in total. The first-order chi connectivity index (χ1) is 32.4. The molecule has 314 valence electrons. The molecule has 0 atom stereocenters. The predicted molar refractivity (Wildman–Crippen MR) is 265 cm³/mol. The van der Waals surface area contributed by atoms with Crippen molar-refractivity contribution >= 4 is 88.0 Å². The zero-order valence-corrected chi connectivity index (χ0v) is 35.2. The molecule has 0 aromatic heterocycles. The Labute approximate surface area is 377 Å². The van der Waals surface area contributed by atoms with E-state index in [1.54, 1.807) is 9.80 Å². The smallest absolute Gasteiger partial charge is 0.150 e. The third-order valence-corrected chi connectivity index (χ3v) is 12.8. The van der Waals surface area contributed by atoms with E-state index in [0.29, 0.717) is 45.0 Å². The summed E-state index contributed by atoms with van der Waals surface area (Å²) in [6.07, 6.45) is 0. The number of hydrogen-bond acceptors (Lipinski definition) is 2. The number of hydrogen-bond donors (Lipinski definition) is 0. The SMILES string of the molecule is Fc1cc(-c2ccccc2)cc(F)c1N(c1cccc2ccccc12)c1ccc2ccc3c(N(c4c(F)cc(-c5ccccc5)cc4F)c4cccc5ccccc45)ccc4ccc1c2c43. The molecule has 0 radical (unpaired) electrons. The largest absolute Gasteiger partial charge is 0.304 e. The minimum atomic E-state index is -0.720. The van der Waals surface area contributed by atoms with Gasteiger partial charge < -0.3 is 9.80 Å². The van der Waals surface area contributed by atoms with Gasteiger partial charge in [-0.25, -0.2) is 17.6 Å². The highest BCUT2D eigenvalue weighted by Gasteiger charge is 2.29. The molecule has 0 saturated heterocycles. The highest BCUT2D eigenvalue weighted by Crippen LogP contribution is 2.51. The third kappa shape index (κ3) is 6.33. The van der Waals surface area contributed by atoms with Gasteiger partial charge in [-0.3, -0.25) is 0 Å². The maximum atomic E-state index is 17.0. The second kappa shape index (κ2) is 15.6. The number of rotatable bonds is 8. The van der Waals surface area contributed by atoms with Gasteiger partial charge in [0.05, 0.1) is 22.7 Å². The maximum Gasteiger partial charge on any atom is 0.150 e. The third-order valence-electron chi connectivity index (χ3n) is 12.8. The normalized spacial score (nSPS) is 11.6. The van der Waals surface area contributed by atoms with Crippen LogP contribution < -0.4 is 9.80 Å². The lowest BCUT2D eigenvalue weighted by Gasteiger charge is -2.31. The molecule has 0 aliphatic heterocycles. The summed E-state index contributed by atoms with van der Waals surface area (Å²) in [5.41, 5.74) is 4.13. The van der Waals surface area contributed by atoms with Crippen LogP contribution in [0.3, 0.4) is 0 Å². The molecule has 0 fully saturated rings. The van der Waals surface area contributed by atoms with E-state index in [1.165, 1.54) is 24.3 Å². The van der Waals surface area contributed by atoms with Crippen molar-refractivity contribution < 1.29 is 17.6 Å². The summed E-state index contributed by atoms with van der Waals surface area (Å²) in [4.78, 5) is 3.38. The average molecular weight is 861 g/mol. The predicted octanol–water partition coefficient (Wildman–Crippen LogP) is 17.7. The van der Waals surface area contributed by atoms with Crippen molar-refractivity contribution in [2.45, 2.75) is 0 Å². The van der Waals surface area contributed by atoms with Gasteiger partial charge >= 0.3 is 0 Å². The summed E-state index contributed by atoms with van der Waals surface area (Å²) in [6.45, 7) is 0. The van der Waals surface area contributed by atoms with E-state index in [0.717, 1.165) is 53.9 Å². The quantitative estimate of drug-likeness (QED) is 0.111. The van der Waals surface area contributed by atoms with Crippen LogP contribution in [0.5, 0.6) is 0 Å². The first-order valence-corrected chi connectivity index (χ1v) is 21.8. The van der Waals surface area contributed by atoms with Gasteiger partial charge in [-0.2, -0.15) is 0 Å². The average Bonchev–Trinajstić information content (AvgIpc) is 3.36. The van der Waals surface area contributed by atoms with E-state index in [4.69, 9.17) is 0 Å². The Bertz CT molecular complexity index is 3520. The monoisotopic (exact) mass is 860 g/mol. The van der Waals surface area contributed by atoms with Crippen LogP contribution in [-0.4, -0.2) is 0 Å². The molecule has 0 saturated carbocycles. The van der Waals surface area contributed by atoms with Crippen molar-refractivity contribution in [3.05, 3.63) is 242 Å². The lowest BCUT2D eigenvalue weighted by Crippen LogP contribution is -2.15. The van der Waals surface area contributed by atoms with Crippen molar-refractivity contribution in [3.63, 3.8) is 0 Å². The highest BCUT2D eigenvalue weighted by atomic mass is 19.1. The number of nitrogens with zero attached hydrogens (tertiary/aromatic N) is 2. The van der Waals surface area contributed by atoms with Crippen molar-refractivity contribution in [2.75, 3.05) is 9.80 Å². The minimum Gasteiger partial charge on any atom is -0.304 e. The van der Waals surface area contributed by atoms with Crippen LogP contribution in [0, 0.1) is 23.3 Å². The zero-order chi connectivity index (χ0) is 44.5. The van der Waals surface area contributed by atoms with E-state index in [-0.39, 0.29) is 11.4 Å². The number of halogens is 4. The molecule has 0 N–H and O–H groups in total. The summed E-state index contributed by atoms with van der Waals surface area (Å²) in [5, 5.41) is 8.39. The molecule has 12 aromatic rings. The maximum absolute atomic E-state index is 17.0. The summed E-state index contributed by atoms with van der Waals surface area (Å²) in [6, 6.07) is 66.9. The van der Waals surface area contributed by atoms with Gasteiger partial charge in [-0.15, -0.1) is 0 Å². The number of fused-ring (bicyclic) bond motifs is 2. The topological polar surface area (TPSA) is 6.48 Å². The lowest BCUT2D eigenvalue weighted by atomic mass is 9.91. The van der Waals surface area contributed by atoms with Gasteiger partial charge in [0, 0.05) is 21.5 Å². The van der Waals surface area contributed by atoms with Crippen LogP contribution in [0.25, 0.3) is 76.1 Å². The fourth-order valence-electron chi connectivity index (χ4n) is 9.86. The van der Waals surface area contributed by atoms with Crippen LogP contribution in [0.1, 0.15) is 0 Å². The minimum absolute atomic E-state index is 0.214. The van der Waals surface area contributed by atoms with Crippen LogP contribution >= 0.6 is 0 Å². The van der Waals surface area contributed by atoms with E-state index < -0.39 is 23.3 Å². The Kier molecular flexibility index (Phi) is 9.28. The van der Waals surface area contributed by atoms with Crippen LogP contribution in [0.4, 0.5) is 51.7 Å². The van der Waals surface area contributed by atoms with E-state index >= 15 is 17.6 Å². The molecule has 12 rings (SSSR count). The summed E-state index contributed by atoms with van der Waals surface area (Å²) < 4.78 is 68.1. The Morgan fingerprint density at radius 3 is 0.985 bits per heavy atom. The summed E-state index contributed by atoms with van der Waals surface area (Å²) in [7, 11) is 0. The van der Waals surface area contributed by atoms with Crippen molar-refractivity contribution in [3.8, 4) is 22.3 Å². The van der Waals surface area contributed by atoms with Gasteiger partial charge in [0.25, 0.3) is 0 Å². The highest BCUT2D eigenvalue weighted by molar-refractivity contribution is 6.28. The fraction of sp³-hybridized carbons (Fsp3) is 0.